The van der Waals surface area contributed by atoms with Crippen molar-refractivity contribution >= 4 is 11.6 Å². The highest BCUT2D eigenvalue weighted by molar-refractivity contribution is 6.17. The monoisotopic (exact) mass is 254 g/mol. The summed E-state index contributed by atoms with van der Waals surface area (Å²) in [6, 6.07) is 0. The molecule has 0 aliphatic carbocycles. The third-order valence-corrected chi connectivity index (χ3v) is 2.80. The molecule has 0 bridgehead atoms. The summed E-state index contributed by atoms with van der Waals surface area (Å²) >= 11 is 5.58. The van der Waals surface area contributed by atoms with Crippen molar-refractivity contribution in [3.63, 3.8) is 0 Å². The molecule has 17 heavy (non-hydrogen) atoms. The zero-order chi connectivity index (χ0) is 12.6. The lowest BCUT2D eigenvalue weighted by atomic mass is 10.2. The third-order valence-electron chi connectivity index (χ3n) is 2.53. The fourth-order valence-electron chi connectivity index (χ4n) is 1.48. The molecule has 0 saturated carbocycles. The summed E-state index contributed by atoms with van der Waals surface area (Å²) in [6.07, 6.45) is 23.0. The molecule has 0 atom stereocenters. The quantitative estimate of drug-likeness (QED) is 0.183. The molecule has 0 unspecified atom stereocenters. The summed E-state index contributed by atoms with van der Waals surface area (Å²) in [7, 11) is 0. The second-order valence-corrected chi connectivity index (χ2v) is 4.61. The molecule has 0 heterocycles. The Balaban J connectivity index is 3.26. The van der Waals surface area contributed by atoms with Crippen LogP contribution in [-0.4, -0.2) is 5.88 Å². The molecule has 0 radical (unpaired) electrons. The van der Waals surface area contributed by atoms with Gasteiger partial charge in [-0.1, -0.05) is 56.2 Å². The summed E-state index contributed by atoms with van der Waals surface area (Å²) in [4.78, 5) is 0. The maximum Gasteiger partial charge on any atom is 0.0226 e. The highest BCUT2D eigenvalue weighted by atomic mass is 35.5. The molecule has 0 spiro atoms. The van der Waals surface area contributed by atoms with Crippen LogP contribution in [-0.2, 0) is 0 Å². The van der Waals surface area contributed by atoms with Crippen molar-refractivity contribution in [2.24, 2.45) is 0 Å². The molecule has 0 rings (SSSR count). The molecule has 0 aliphatic rings. The van der Waals surface area contributed by atoms with E-state index in [0.717, 1.165) is 31.6 Å². The van der Waals surface area contributed by atoms with Crippen LogP contribution in [0.4, 0.5) is 0 Å². The average Bonchev–Trinajstić information content (AvgIpc) is 2.35. The molecule has 0 fully saturated rings. The lowest BCUT2D eigenvalue weighted by Crippen LogP contribution is -1.71. The van der Waals surface area contributed by atoms with Crippen molar-refractivity contribution in [3.05, 3.63) is 36.5 Å². The molecule has 0 amide bonds. The molecule has 0 aromatic rings. The average molecular weight is 255 g/mol. The zero-order valence-corrected chi connectivity index (χ0v) is 12.0. The third kappa shape index (κ3) is 15.5. The first-order valence-electron chi connectivity index (χ1n) is 6.94. The van der Waals surface area contributed by atoms with E-state index in [4.69, 9.17) is 11.6 Å². The molecule has 1 heteroatoms. The van der Waals surface area contributed by atoms with Crippen LogP contribution in [0.15, 0.2) is 36.5 Å². The molecular formula is C16H27Cl. The largest absolute Gasteiger partial charge is 0.127 e. The van der Waals surface area contributed by atoms with Gasteiger partial charge in [-0.25, -0.2) is 0 Å². The summed E-state index contributed by atoms with van der Waals surface area (Å²) in [6.45, 7) is 2.25. The number of rotatable bonds is 11. The van der Waals surface area contributed by atoms with Crippen LogP contribution >= 0.6 is 11.6 Å². The number of unbranched alkanes of at least 4 members (excludes halogenated alkanes) is 5. The van der Waals surface area contributed by atoms with Gasteiger partial charge >= 0.3 is 0 Å². The minimum Gasteiger partial charge on any atom is -0.127 e. The van der Waals surface area contributed by atoms with Crippen LogP contribution in [0.25, 0.3) is 0 Å². The van der Waals surface area contributed by atoms with Gasteiger partial charge in [0.15, 0.2) is 0 Å². The first-order valence-corrected chi connectivity index (χ1v) is 7.48. The second kappa shape index (κ2) is 15.5. The van der Waals surface area contributed by atoms with Gasteiger partial charge in [0.25, 0.3) is 0 Å². The van der Waals surface area contributed by atoms with E-state index in [1.807, 2.05) is 0 Å². The van der Waals surface area contributed by atoms with E-state index < -0.39 is 0 Å². The Labute approximate surface area is 112 Å². The Hall–Kier alpha value is -0.490. The first kappa shape index (κ1) is 16.5. The molecular weight excluding hydrogens is 228 g/mol. The Morgan fingerprint density at radius 3 is 2.00 bits per heavy atom. The van der Waals surface area contributed by atoms with Crippen molar-refractivity contribution in [1.29, 1.82) is 0 Å². The number of hydrogen-bond donors (Lipinski definition) is 0. The fraction of sp³-hybridized carbons (Fsp3) is 0.625. The van der Waals surface area contributed by atoms with Gasteiger partial charge in [0, 0.05) is 5.88 Å². The number of allylic oxidation sites excluding steroid dienone is 6. The minimum atomic E-state index is 0.761. The SMILES string of the molecule is CCCCCC=CCCC=CC=CCCCCl. The summed E-state index contributed by atoms with van der Waals surface area (Å²) in [5.41, 5.74) is 0. The Morgan fingerprint density at radius 2 is 1.29 bits per heavy atom. The topological polar surface area (TPSA) is 0 Å². The van der Waals surface area contributed by atoms with Gasteiger partial charge in [0.2, 0.25) is 0 Å². The lowest BCUT2D eigenvalue weighted by Gasteiger charge is -1.91. The molecule has 0 saturated heterocycles. The van der Waals surface area contributed by atoms with Gasteiger partial charge < -0.3 is 0 Å². The molecule has 0 aliphatic heterocycles. The second-order valence-electron chi connectivity index (χ2n) is 4.23. The first-order chi connectivity index (χ1) is 8.41. The standard InChI is InChI=1S/C16H27Cl/c1-2-3-4-5-6-7-8-9-10-11-12-13-14-15-16-17/h6-7,10-13H,2-5,8-9,14-16H2,1H3. The van der Waals surface area contributed by atoms with E-state index in [0.29, 0.717) is 0 Å². The highest BCUT2D eigenvalue weighted by Gasteiger charge is 1.81. The fourth-order valence-corrected chi connectivity index (χ4v) is 1.64. The van der Waals surface area contributed by atoms with Crippen molar-refractivity contribution < 1.29 is 0 Å². The van der Waals surface area contributed by atoms with Crippen molar-refractivity contribution in [3.8, 4) is 0 Å². The normalized spacial score (nSPS) is 12.4. The molecule has 0 N–H and O–H groups in total. The Morgan fingerprint density at radius 1 is 0.706 bits per heavy atom. The number of alkyl halides is 1. The molecule has 0 aromatic heterocycles. The number of halogens is 1. The number of hydrogen-bond acceptors (Lipinski definition) is 0. The van der Waals surface area contributed by atoms with Crippen LogP contribution in [0.3, 0.4) is 0 Å². The smallest absolute Gasteiger partial charge is 0.0226 e. The highest BCUT2D eigenvalue weighted by Crippen LogP contribution is 2.01. The van der Waals surface area contributed by atoms with Gasteiger partial charge in [0.05, 0.1) is 0 Å². The lowest BCUT2D eigenvalue weighted by molar-refractivity contribution is 0.728. The van der Waals surface area contributed by atoms with Crippen LogP contribution < -0.4 is 0 Å². The maximum atomic E-state index is 5.58. The summed E-state index contributed by atoms with van der Waals surface area (Å²) in [5, 5.41) is 0. The predicted octanol–water partition coefficient (Wildman–Crippen LogP) is 6.03. The van der Waals surface area contributed by atoms with Crippen molar-refractivity contribution in [2.45, 2.75) is 58.3 Å². The van der Waals surface area contributed by atoms with Crippen molar-refractivity contribution in [2.75, 3.05) is 5.88 Å². The molecule has 0 aromatic carbocycles. The van der Waals surface area contributed by atoms with Crippen LogP contribution in [0.1, 0.15) is 58.3 Å². The van der Waals surface area contributed by atoms with Gasteiger partial charge in [-0.15, -0.1) is 11.6 Å². The molecule has 98 valence electrons. The van der Waals surface area contributed by atoms with Crippen molar-refractivity contribution in [1.82, 2.24) is 0 Å². The van der Waals surface area contributed by atoms with Crippen LogP contribution in [0.2, 0.25) is 0 Å². The minimum absolute atomic E-state index is 0.761. The van der Waals surface area contributed by atoms with Gasteiger partial charge in [-0.3, -0.25) is 0 Å². The van der Waals surface area contributed by atoms with Gasteiger partial charge in [-0.05, 0) is 38.5 Å². The van der Waals surface area contributed by atoms with E-state index >= 15 is 0 Å². The summed E-state index contributed by atoms with van der Waals surface area (Å²) in [5.74, 6) is 0.761. The Bertz CT molecular complexity index is 214. The molecule has 0 nitrogen and oxygen atoms in total. The van der Waals surface area contributed by atoms with Crippen LogP contribution in [0.5, 0.6) is 0 Å². The summed E-state index contributed by atoms with van der Waals surface area (Å²) < 4.78 is 0. The van der Waals surface area contributed by atoms with E-state index in [-0.39, 0.29) is 0 Å². The van der Waals surface area contributed by atoms with Gasteiger partial charge in [-0.2, -0.15) is 0 Å². The maximum absolute atomic E-state index is 5.58. The van der Waals surface area contributed by atoms with E-state index in [2.05, 4.69) is 43.4 Å². The van der Waals surface area contributed by atoms with E-state index in [1.54, 1.807) is 0 Å². The van der Waals surface area contributed by atoms with E-state index in [9.17, 15) is 0 Å². The van der Waals surface area contributed by atoms with Gasteiger partial charge in [0.1, 0.15) is 0 Å². The zero-order valence-electron chi connectivity index (χ0n) is 11.2. The van der Waals surface area contributed by atoms with E-state index in [1.165, 1.54) is 25.7 Å². The Kier molecular flexibility index (Phi) is 15.1. The predicted molar refractivity (Wildman–Crippen MR) is 80.8 cm³/mol. The van der Waals surface area contributed by atoms with Crippen LogP contribution in [0, 0.1) is 0 Å².